The molecule has 0 N–H and O–H groups in total. The van der Waals surface area contributed by atoms with Crippen molar-refractivity contribution >= 4 is 11.6 Å². The molecule has 4 heteroatoms. The lowest BCUT2D eigenvalue weighted by atomic mass is 10.0. The first-order chi connectivity index (χ1) is 12.0. The van der Waals surface area contributed by atoms with E-state index in [1.165, 1.54) is 11.3 Å². The number of nitrogens with zero attached hydrogens (tertiary/aromatic N) is 3. The van der Waals surface area contributed by atoms with Gasteiger partial charge in [-0.2, -0.15) is 0 Å². The lowest BCUT2D eigenvalue weighted by molar-refractivity contribution is 0.0767. The number of hydrogen-bond donors (Lipinski definition) is 0. The lowest BCUT2D eigenvalue weighted by Gasteiger charge is -2.24. The van der Waals surface area contributed by atoms with Gasteiger partial charge in [0.05, 0.1) is 0 Å². The molecule has 0 radical (unpaired) electrons. The minimum absolute atomic E-state index is 0.142. The van der Waals surface area contributed by atoms with E-state index in [1.54, 1.807) is 0 Å². The third kappa shape index (κ3) is 4.19. The smallest absolute Gasteiger partial charge is 0.253 e. The summed E-state index contributed by atoms with van der Waals surface area (Å²) >= 11 is 0. The van der Waals surface area contributed by atoms with Gasteiger partial charge in [0.2, 0.25) is 0 Å². The zero-order chi connectivity index (χ0) is 17.8. The topological polar surface area (TPSA) is 36.4 Å². The van der Waals surface area contributed by atoms with E-state index in [2.05, 4.69) is 48.0 Å². The van der Waals surface area contributed by atoms with E-state index < -0.39 is 0 Å². The zero-order valence-electron chi connectivity index (χ0n) is 15.4. The lowest BCUT2D eigenvalue weighted by Crippen LogP contribution is -2.35. The number of carbonyl (C=O) groups excluding carboxylic acids is 1. The molecular formula is C21H27N3O. The molecule has 0 atom stereocenters. The highest BCUT2D eigenvalue weighted by molar-refractivity contribution is 5.94. The maximum Gasteiger partial charge on any atom is 0.253 e. The summed E-state index contributed by atoms with van der Waals surface area (Å²) in [7, 11) is 0. The van der Waals surface area contributed by atoms with Crippen LogP contribution in [0, 0.1) is 6.92 Å². The Bertz CT molecular complexity index is 724. The number of benzene rings is 1. The minimum atomic E-state index is 0.142. The highest BCUT2D eigenvalue weighted by Gasteiger charge is 2.20. The molecule has 132 valence electrons. The van der Waals surface area contributed by atoms with Crippen molar-refractivity contribution in [3.05, 3.63) is 59.4 Å². The van der Waals surface area contributed by atoms with Gasteiger partial charge in [-0.05, 0) is 49.1 Å². The van der Waals surface area contributed by atoms with Crippen LogP contribution in [-0.4, -0.2) is 42.0 Å². The van der Waals surface area contributed by atoms with Crippen molar-refractivity contribution in [2.24, 2.45) is 0 Å². The summed E-state index contributed by atoms with van der Waals surface area (Å²) in [5, 5.41) is 0. The molecule has 0 bridgehead atoms. The monoisotopic (exact) mass is 337 g/mol. The van der Waals surface area contributed by atoms with Crippen molar-refractivity contribution in [3.8, 4) is 0 Å². The van der Waals surface area contributed by atoms with Gasteiger partial charge in [0.15, 0.2) is 0 Å². The normalized spacial score (nSPS) is 15.4. The molecule has 2 heterocycles. The first-order valence-corrected chi connectivity index (χ1v) is 9.11. The average molecular weight is 337 g/mol. The van der Waals surface area contributed by atoms with Gasteiger partial charge in [-0.25, -0.2) is 0 Å². The highest BCUT2D eigenvalue weighted by atomic mass is 16.2. The summed E-state index contributed by atoms with van der Waals surface area (Å²) < 4.78 is 0. The second kappa shape index (κ2) is 7.68. The highest BCUT2D eigenvalue weighted by Crippen LogP contribution is 2.19. The Morgan fingerprint density at radius 1 is 1.04 bits per heavy atom. The number of aryl methyl sites for hydroxylation is 1. The molecule has 25 heavy (non-hydrogen) atoms. The molecular weight excluding hydrogens is 310 g/mol. The van der Waals surface area contributed by atoms with Crippen LogP contribution >= 0.6 is 0 Å². The Kier molecular flexibility index (Phi) is 5.37. The summed E-state index contributed by atoms with van der Waals surface area (Å²) in [6, 6.07) is 12.2. The molecule has 1 fully saturated rings. The van der Waals surface area contributed by atoms with E-state index in [-0.39, 0.29) is 5.91 Å². The average Bonchev–Trinajstić information content (AvgIpc) is 2.87. The summed E-state index contributed by atoms with van der Waals surface area (Å²) in [6.07, 6.45) is 2.84. The van der Waals surface area contributed by atoms with E-state index >= 15 is 0 Å². The van der Waals surface area contributed by atoms with Crippen LogP contribution in [0.4, 0.5) is 5.69 Å². The fraction of sp³-hybridized carbons (Fsp3) is 0.429. The molecule has 0 saturated carbocycles. The van der Waals surface area contributed by atoms with Gasteiger partial charge in [-0.15, -0.1) is 0 Å². The quantitative estimate of drug-likeness (QED) is 0.853. The van der Waals surface area contributed by atoms with Crippen LogP contribution in [-0.2, 0) is 0 Å². The van der Waals surface area contributed by atoms with Crippen molar-refractivity contribution in [3.63, 3.8) is 0 Å². The van der Waals surface area contributed by atoms with Crippen molar-refractivity contribution in [2.75, 3.05) is 31.1 Å². The second-order valence-electron chi connectivity index (χ2n) is 7.06. The van der Waals surface area contributed by atoms with Crippen LogP contribution in [0.3, 0.4) is 0 Å². The van der Waals surface area contributed by atoms with Gasteiger partial charge >= 0.3 is 0 Å². The molecule has 1 aromatic carbocycles. The molecule has 1 amide bonds. The molecule has 1 aliphatic rings. The van der Waals surface area contributed by atoms with E-state index in [0.29, 0.717) is 5.92 Å². The Labute approximate surface area is 150 Å². The van der Waals surface area contributed by atoms with Crippen LogP contribution in [0.15, 0.2) is 42.6 Å². The van der Waals surface area contributed by atoms with Crippen LogP contribution < -0.4 is 4.90 Å². The van der Waals surface area contributed by atoms with Gasteiger partial charge in [-0.3, -0.25) is 9.78 Å². The number of amides is 1. The maximum atomic E-state index is 12.8. The first kappa shape index (κ1) is 17.5. The van der Waals surface area contributed by atoms with Crippen molar-refractivity contribution in [2.45, 2.75) is 33.1 Å². The van der Waals surface area contributed by atoms with Gasteiger partial charge in [0.25, 0.3) is 5.91 Å². The molecule has 0 spiro atoms. The molecule has 1 aliphatic heterocycles. The fourth-order valence-corrected chi connectivity index (χ4v) is 3.30. The third-order valence-corrected chi connectivity index (χ3v) is 4.85. The van der Waals surface area contributed by atoms with Gasteiger partial charge in [0.1, 0.15) is 0 Å². The van der Waals surface area contributed by atoms with Crippen molar-refractivity contribution in [1.82, 2.24) is 9.88 Å². The van der Waals surface area contributed by atoms with Crippen LogP contribution in [0.5, 0.6) is 0 Å². The van der Waals surface area contributed by atoms with E-state index in [1.807, 2.05) is 30.2 Å². The van der Waals surface area contributed by atoms with Crippen molar-refractivity contribution in [1.29, 1.82) is 0 Å². The fourth-order valence-electron chi connectivity index (χ4n) is 3.30. The summed E-state index contributed by atoms with van der Waals surface area (Å²) in [6.45, 7) is 9.75. The van der Waals surface area contributed by atoms with Crippen LogP contribution in [0.1, 0.15) is 47.8 Å². The first-order valence-electron chi connectivity index (χ1n) is 9.11. The minimum Gasteiger partial charge on any atom is -0.370 e. The maximum absolute atomic E-state index is 12.8. The summed E-state index contributed by atoms with van der Waals surface area (Å²) in [5.41, 5.74) is 4.28. The number of rotatable bonds is 3. The second-order valence-corrected chi connectivity index (χ2v) is 7.06. The Hall–Kier alpha value is -2.36. The molecule has 1 aromatic heterocycles. The number of carbonyl (C=O) groups is 1. The van der Waals surface area contributed by atoms with Crippen LogP contribution in [0.25, 0.3) is 0 Å². The molecule has 1 saturated heterocycles. The summed E-state index contributed by atoms with van der Waals surface area (Å²) in [4.78, 5) is 21.4. The molecule has 3 rings (SSSR count). The van der Waals surface area contributed by atoms with Gasteiger partial charge < -0.3 is 9.80 Å². The van der Waals surface area contributed by atoms with Gasteiger partial charge in [-0.1, -0.05) is 26.0 Å². The van der Waals surface area contributed by atoms with E-state index in [4.69, 9.17) is 0 Å². The largest absolute Gasteiger partial charge is 0.370 e. The Morgan fingerprint density at radius 2 is 1.80 bits per heavy atom. The number of anilines is 1. The summed E-state index contributed by atoms with van der Waals surface area (Å²) in [5.74, 6) is 0.628. The SMILES string of the molecule is Cc1cc(N2CCCN(C(=O)c3ccc(C(C)C)cc3)CC2)ccn1. The van der Waals surface area contributed by atoms with Gasteiger partial charge in [0, 0.05) is 49.3 Å². The molecule has 2 aromatic rings. The standard InChI is InChI=1S/C21H27N3O/c1-16(2)18-5-7-19(8-6-18)21(25)24-12-4-11-23(13-14-24)20-9-10-22-17(3)15-20/h5-10,15-16H,4,11-14H2,1-3H3. The van der Waals surface area contributed by atoms with Crippen molar-refractivity contribution < 1.29 is 4.79 Å². The number of hydrogen-bond acceptors (Lipinski definition) is 3. The Morgan fingerprint density at radius 3 is 2.48 bits per heavy atom. The molecule has 0 unspecified atom stereocenters. The number of aromatic nitrogens is 1. The van der Waals surface area contributed by atoms with E-state index in [9.17, 15) is 4.79 Å². The third-order valence-electron chi connectivity index (χ3n) is 4.85. The molecule has 0 aliphatic carbocycles. The molecule has 4 nitrogen and oxygen atoms in total. The van der Waals surface area contributed by atoms with Crippen LogP contribution in [0.2, 0.25) is 0 Å². The van der Waals surface area contributed by atoms with E-state index in [0.717, 1.165) is 43.9 Å². The predicted molar refractivity (Wildman–Crippen MR) is 102 cm³/mol. The zero-order valence-corrected chi connectivity index (χ0v) is 15.4. The Balaban J connectivity index is 1.67. The predicted octanol–water partition coefficient (Wildman–Crippen LogP) is 3.87. The number of pyridine rings is 1.